The minimum atomic E-state index is -0.389. The first kappa shape index (κ1) is 22.9. The lowest BCUT2D eigenvalue weighted by molar-refractivity contribution is -0.139. The molecule has 33 heavy (non-hydrogen) atoms. The summed E-state index contributed by atoms with van der Waals surface area (Å²) in [5, 5.41) is 2.87. The summed E-state index contributed by atoms with van der Waals surface area (Å²) in [6, 6.07) is 10.9. The molecule has 4 rings (SSSR count). The summed E-state index contributed by atoms with van der Waals surface area (Å²) in [4.78, 5) is 46.6. The van der Waals surface area contributed by atoms with E-state index in [0.717, 1.165) is 25.0 Å². The lowest BCUT2D eigenvalue weighted by atomic mass is 9.92. The normalized spacial score (nSPS) is 20.9. The number of carbonyl (C=O) groups excluding carboxylic acids is 3. The fourth-order valence-electron chi connectivity index (χ4n) is 4.63. The smallest absolute Gasteiger partial charge is 0.253 e. The Hall–Kier alpha value is -3.29. The van der Waals surface area contributed by atoms with Gasteiger partial charge in [-0.05, 0) is 69.0 Å². The molecule has 7 nitrogen and oxygen atoms in total. The fourth-order valence-corrected chi connectivity index (χ4v) is 4.63. The van der Waals surface area contributed by atoms with Gasteiger partial charge in [0.15, 0.2) is 0 Å². The highest BCUT2D eigenvalue weighted by atomic mass is 19.1. The SMILES string of the molecule is Cc1cccc(NC(=O)C2CCCN(C(=O)C3CCCN(C(=O)c4ccc(F)cc4)C3)C2)n1. The second-order valence-electron chi connectivity index (χ2n) is 8.87. The molecule has 2 unspecified atom stereocenters. The summed E-state index contributed by atoms with van der Waals surface area (Å²) in [5.74, 6) is -0.756. The number of amides is 3. The molecule has 2 atom stereocenters. The summed E-state index contributed by atoms with van der Waals surface area (Å²) < 4.78 is 13.2. The van der Waals surface area contributed by atoms with Gasteiger partial charge in [0.1, 0.15) is 11.6 Å². The van der Waals surface area contributed by atoms with Gasteiger partial charge in [-0.25, -0.2) is 9.37 Å². The fraction of sp³-hybridized carbons (Fsp3) is 0.440. The van der Waals surface area contributed by atoms with E-state index in [4.69, 9.17) is 0 Å². The third kappa shape index (κ3) is 5.56. The first-order valence-electron chi connectivity index (χ1n) is 11.5. The Balaban J connectivity index is 1.36. The van der Waals surface area contributed by atoms with Gasteiger partial charge in [-0.2, -0.15) is 0 Å². The second kappa shape index (κ2) is 10.1. The summed E-state index contributed by atoms with van der Waals surface area (Å²) in [6.45, 7) is 3.78. The van der Waals surface area contributed by atoms with Gasteiger partial charge in [0.2, 0.25) is 11.8 Å². The Bertz CT molecular complexity index is 1030. The van der Waals surface area contributed by atoms with Crippen molar-refractivity contribution in [1.29, 1.82) is 0 Å². The number of nitrogens with one attached hydrogen (secondary N) is 1. The Morgan fingerprint density at radius 1 is 0.939 bits per heavy atom. The van der Waals surface area contributed by atoms with Crippen molar-refractivity contribution >= 4 is 23.5 Å². The van der Waals surface area contributed by atoms with E-state index in [9.17, 15) is 18.8 Å². The molecular weight excluding hydrogens is 423 g/mol. The van der Waals surface area contributed by atoms with E-state index >= 15 is 0 Å². The van der Waals surface area contributed by atoms with Crippen LogP contribution in [0.25, 0.3) is 0 Å². The van der Waals surface area contributed by atoms with Crippen LogP contribution >= 0.6 is 0 Å². The van der Waals surface area contributed by atoms with Gasteiger partial charge in [-0.3, -0.25) is 14.4 Å². The highest BCUT2D eigenvalue weighted by Gasteiger charge is 2.35. The van der Waals surface area contributed by atoms with E-state index in [2.05, 4.69) is 10.3 Å². The maximum absolute atomic E-state index is 13.3. The standard InChI is InChI=1S/C25H29FN4O3/c1-17-5-2-8-22(27-17)28-23(31)19-6-3-13-29(15-19)25(33)20-7-4-14-30(16-20)24(32)18-9-11-21(26)12-10-18/h2,5,8-12,19-20H,3-4,6-7,13-16H2,1H3,(H,27,28,31). The summed E-state index contributed by atoms with van der Waals surface area (Å²) in [5.41, 5.74) is 1.24. The van der Waals surface area contributed by atoms with Crippen LogP contribution < -0.4 is 5.32 Å². The predicted octanol–water partition coefficient (Wildman–Crippen LogP) is 3.26. The number of halogens is 1. The van der Waals surface area contributed by atoms with Crippen molar-refractivity contribution in [2.75, 3.05) is 31.5 Å². The monoisotopic (exact) mass is 452 g/mol. The summed E-state index contributed by atoms with van der Waals surface area (Å²) in [7, 11) is 0. The molecule has 3 amide bonds. The van der Waals surface area contributed by atoms with E-state index in [0.29, 0.717) is 44.0 Å². The number of likely N-dealkylation sites (tertiary alicyclic amines) is 2. The van der Waals surface area contributed by atoms with Gasteiger partial charge in [-0.1, -0.05) is 6.07 Å². The highest BCUT2D eigenvalue weighted by molar-refractivity contribution is 5.95. The van der Waals surface area contributed by atoms with Crippen molar-refractivity contribution in [2.24, 2.45) is 11.8 Å². The van der Waals surface area contributed by atoms with E-state index in [-0.39, 0.29) is 35.4 Å². The van der Waals surface area contributed by atoms with Crippen LogP contribution in [0.4, 0.5) is 10.2 Å². The number of aromatic nitrogens is 1. The molecule has 2 saturated heterocycles. The molecular formula is C25H29FN4O3. The number of hydrogen-bond donors (Lipinski definition) is 1. The summed E-state index contributed by atoms with van der Waals surface area (Å²) in [6.07, 6.45) is 2.93. The van der Waals surface area contributed by atoms with E-state index in [1.54, 1.807) is 15.9 Å². The minimum Gasteiger partial charge on any atom is -0.342 e. The quantitative estimate of drug-likeness (QED) is 0.772. The maximum Gasteiger partial charge on any atom is 0.253 e. The number of anilines is 1. The van der Waals surface area contributed by atoms with Gasteiger partial charge in [0, 0.05) is 37.4 Å². The highest BCUT2D eigenvalue weighted by Crippen LogP contribution is 2.25. The van der Waals surface area contributed by atoms with Crippen LogP contribution in [0.3, 0.4) is 0 Å². The molecule has 8 heteroatoms. The van der Waals surface area contributed by atoms with Gasteiger partial charge in [0.05, 0.1) is 11.8 Å². The Morgan fingerprint density at radius 3 is 2.33 bits per heavy atom. The predicted molar refractivity (Wildman–Crippen MR) is 122 cm³/mol. The number of benzene rings is 1. The maximum atomic E-state index is 13.3. The number of piperidine rings is 2. The number of rotatable bonds is 4. The Labute approximate surface area is 193 Å². The molecule has 2 aromatic rings. The average Bonchev–Trinajstić information content (AvgIpc) is 2.84. The first-order chi connectivity index (χ1) is 15.9. The number of carbonyl (C=O) groups is 3. The average molecular weight is 453 g/mol. The lowest BCUT2D eigenvalue weighted by Crippen LogP contribution is -2.50. The minimum absolute atomic E-state index is 0.00205. The molecule has 0 radical (unpaired) electrons. The number of aryl methyl sites for hydroxylation is 1. The van der Waals surface area contributed by atoms with E-state index in [1.165, 1.54) is 24.3 Å². The lowest BCUT2D eigenvalue weighted by Gasteiger charge is -2.38. The molecule has 0 saturated carbocycles. The van der Waals surface area contributed by atoms with Crippen molar-refractivity contribution in [3.05, 3.63) is 59.5 Å². The van der Waals surface area contributed by atoms with Crippen LogP contribution in [0.15, 0.2) is 42.5 Å². The van der Waals surface area contributed by atoms with E-state index < -0.39 is 0 Å². The van der Waals surface area contributed by atoms with Gasteiger partial charge in [-0.15, -0.1) is 0 Å². The zero-order valence-corrected chi connectivity index (χ0v) is 18.8. The van der Waals surface area contributed by atoms with Crippen molar-refractivity contribution in [1.82, 2.24) is 14.8 Å². The Morgan fingerprint density at radius 2 is 1.61 bits per heavy atom. The van der Waals surface area contributed by atoms with Crippen LogP contribution in [-0.2, 0) is 9.59 Å². The first-order valence-corrected chi connectivity index (χ1v) is 11.5. The number of pyridine rings is 1. The molecule has 1 N–H and O–H groups in total. The van der Waals surface area contributed by atoms with Crippen LogP contribution in [0.5, 0.6) is 0 Å². The zero-order valence-electron chi connectivity index (χ0n) is 18.8. The molecule has 2 fully saturated rings. The van der Waals surface area contributed by atoms with Gasteiger partial charge < -0.3 is 15.1 Å². The second-order valence-corrected chi connectivity index (χ2v) is 8.87. The van der Waals surface area contributed by atoms with Crippen molar-refractivity contribution < 1.29 is 18.8 Å². The molecule has 3 heterocycles. The van der Waals surface area contributed by atoms with Crippen molar-refractivity contribution in [2.45, 2.75) is 32.6 Å². The molecule has 0 aliphatic carbocycles. The Kier molecular flexibility index (Phi) is 7.01. The number of nitrogens with zero attached hydrogens (tertiary/aromatic N) is 3. The molecule has 1 aromatic heterocycles. The molecule has 2 aliphatic rings. The third-order valence-corrected chi connectivity index (χ3v) is 6.39. The molecule has 174 valence electrons. The van der Waals surface area contributed by atoms with Crippen LogP contribution in [-0.4, -0.2) is 58.7 Å². The van der Waals surface area contributed by atoms with Crippen LogP contribution in [0.1, 0.15) is 41.7 Å². The molecule has 0 bridgehead atoms. The number of hydrogen-bond acceptors (Lipinski definition) is 4. The topological polar surface area (TPSA) is 82.6 Å². The van der Waals surface area contributed by atoms with Gasteiger partial charge >= 0.3 is 0 Å². The summed E-state index contributed by atoms with van der Waals surface area (Å²) >= 11 is 0. The van der Waals surface area contributed by atoms with E-state index in [1.807, 2.05) is 19.1 Å². The van der Waals surface area contributed by atoms with Crippen LogP contribution in [0, 0.1) is 24.6 Å². The molecule has 2 aliphatic heterocycles. The third-order valence-electron chi connectivity index (χ3n) is 6.39. The van der Waals surface area contributed by atoms with Crippen molar-refractivity contribution in [3.63, 3.8) is 0 Å². The van der Waals surface area contributed by atoms with Crippen LogP contribution in [0.2, 0.25) is 0 Å². The molecule has 0 spiro atoms. The van der Waals surface area contributed by atoms with Gasteiger partial charge in [0.25, 0.3) is 5.91 Å². The molecule has 1 aromatic carbocycles. The van der Waals surface area contributed by atoms with Crippen molar-refractivity contribution in [3.8, 4) is 0 Å². The zero-order chi connectivity index (χ0) is 23.4. The largest absolute Gasteiger partial charge is 0.342 e.